The topological polar surface area (TPSA) is 37.3 Å². The van der Waals surface area contributed by atoms with Gasteiger partial charge in [0.25, 0.3) is 0 Å². The number of hydrogen-bond acceptors (Lipinski definition) is 1. The van der Waals surface area contributed by atoms with E-state index in [4.69, 9.17) is 21.0 Å². The molecule has 9 heavy (non-hydrogen) atoms. The first-order chi connectivity index (χ1) is 3.73. The van der Waals surface area contributed by atoms with E-state index in [9.17, 15) is 0 Å². The lowest BCUT2D eigenvalue weighted by Gasteiger charge is -1.97. The molecule has 0 fully saturated rings. The SMILES string of the molecule is C[Si](C)(C)Cl.O=C(O)Cl. The van der Waals surface area contributed by atoms with E-state index in [0.29, 0.717) is 0 Å². The average molecular weight is 189 g/mol. The third kappa shape index (κ3) is 4560. The van der Waals surface area contributed by atoms with Crippen molar-refractivity contribution >= 4 is 35.5 Å². The Morgan fingerprint density at radius 3 is 1.44 bits per heavy atom. The number of halogens is 2. The summed E-state index contributed by atoms with van der Waals surface area (Å²) in [7, 11) is -1.14. The minimum Gasteiger partial charge on any atom is -0.469 e. The Morgan fingerprint density at radius 2 is 1.44 bits per heavy atom. The standard InChI is InChI=1S/C3H9ClSi.CHClO2/c1-5(2,3)4;2-1(3)4/h1-3H3;(H,3,4). The number of rotatable bonds is 0. The van der Waals surface area contributed by atoms with Gasteiger partial charge in [0.2, 0.25) is 0 Å². The smallest absolute Gasteiger partial charge is 0.401 e. The first-order valence-corrected chi connectivity index (χ1v) is 7.20. The molecule has 0 amide bonds. The lowest BCUT2D eigenvalue weighted by atomic mass is 11.6. The van der Waals surface area contributed by atoms with Crippen LogP contribution in [0.25, 0.3) is 0 Å². The molecular weight excluding hydrogens is 179 g/mol. The molecule has 0 heterocycles. The predicted molar refractivity (Wildman–Crippen MR) is 43.1 cm³/mol. The van der Waals surface area contributed by atoms with Gasteiger partial charge in [-0.25, -0.2) is 4.79 Å². The average Bonchev–Trinajstić information content (AvgIpc) is 1.19. The van der Waals surface area contributed by atoms with Gasteiger partial charge >= 0.3 is 5.43 Å². The molecule has 0 unspecified atom stereocenters. The molecule has 5 heteroatoms. The zero-order chi connectivity index (χ0) is 8.08. The zero-order valence-electron chi connectivity index (χ0n) is 5.61. The molecule has 0 aromatic carbocycles. The lowest BCUT2D eigenvalue weighted by molar-refractivity contribution is 0.220. The summed E-state index contributed by atoms with van der Waals surface area (Å²) in [6, 6.07) is 0. The maximum Gasteiger partial charge on any atom is 0.401 e. The molecule has 0 rings (SSSR count). The highest BCUT2D eigenvalue weighted by Gasteiger charge is 2.04. The zero-order valence-corrected chi connectivity index (χ0v) is 8.12. The molecule has 1 N–H and O–H groups in total. The third-order valence-corrected chi connectivity index (χ3v) is 0. The van der Waals surface area contributed by atoms with Crippen LogP contribution in [0.5, 0.6) is 0 Å². The van der Waals surface area contributed by atoms with Crippen LogP contribution in [0.4, 0.5) is 4.79 Å². The van der Waals surface area contributed by atoms with Crippen LogP contribution < -0.4 is 0 Å². The van der Waals surface area contributed by atoms with Crippen LogP contribution in [-0.4, -0.2) is 17.9 Å². The van der Waals surface area contributed by atoms with Crippen molar-refractivity contribution in [3.8, 4) is 0 Å². The molecule has 56 valence electrons. The molecule has 0 aromatic rings. The van der Waals surface area contributed by atoms with Crippen LogP contribution in [0, 0.1) is 0 Å². The number of carboxylic acid groups (broad SMARTS) is 1. The molecule has 0 aliphatic carbocycles. The first kappa shape index (κ1) is 12.0. The summed E-state index contributed by atoms with van der Waals surface area (Å²) < 4.78 is 0. The van der Waals surface area contributed by atoms with Crippen molar-refractivity contribution in [1.82, 2.24) is 0 Å². The molecular formula is C4H10Cl2O2Si. The first-order valence-electron chi connectivity index (χ1n) is 2.31. The Morgan fingerprint density at radius 1 is 1.44 bits per heavy atom. The minimum absolute atomic E-state index is 1.14. The number of hydrogen-bond donors (Lipinski definition) is 1. The Bertz CT molecular complexity index is 79.1. The summed E-state index contributed by atoms with van der Waals surface area (Å²) >= 11 is 9.86. The normalized spacial score (nSPS) is 9.44. The number of carbonyl (C=O) groups is 1. The molecule has 0 saturated carbocycles. The summed E-state index contributed by atoms with van der Waals surface area (Å²) in [4.78, 5) is 8.77. The highest BCUT2D eigenvalue weighted by Crippen LogP contribution is 2.03. The highest BCUT2D eigenvalue weighted by molar-refractivity contribution is 7.18. The van der Waals surface area contributed by atoms with E-state index < -0.39 is 12.8 Å². The molecule has 0 bridgehead atoms. The van der Waals surface area contributed by atoms with E-state index in [1.165, 1.54) is 0 Å². The fourth-order valence-electron chi connectivity index (χ4n) is 0. The Labute approximate surface area is 65.5 Å². The van der Waals surface area contributed by atoms with Gasteiger partial charge in [-0.1, -0.05) is 19.6 Å². The maximum atomic E-state index is 8.77. The monoisotopic (exact) mass is 188 g/mol. The molecule has 0 aromatic heterocycles. The summed E-state index contributed by atoms with van der Waals surface area (Å²) in [5, 5.41) is 7.18. The minimum atomic E-state index is -1.36. The lowest BCUT2D eigenvalue weighted by Crippen LogP contribution is -2.06. The molecule has 2 nitrogen and oxygen atoms in total. The van der Waals surface area contributed by atoms with Crippen molar-refractivity contribution in [2.24, 2.45) is 0 Å². The quantitative estimate of drug-likeness (QED) is 0.361. The largest absolute Gasteiger partial charge is 0.469 e. The highest BCUT2D eigenvalue weighted by atomic mass is 35.6. The van der Waals surface area contributed by atoms with Crippen molar-refractivity contribution in [1.29, 1.82) is 0 Å². The van der Waals surface area contributed by atoms with E-state index in [1.54, 1.807) is 0 Å². The van der Waals surface area contributed by atoms with Crippen LogP contribution in [0.3, 0.4) is 0 Å². The van der Waals surface area contributed by atoms with Crippen molar-refractivity contribution in [3.63, 3.8) is 0 Å². The fraction of sp³-hybridized carbons (Fsp3) is 0.750. The summed E-state index contributed by atoms with van der Waals surface area (Å²) in [5.74, 6) is 0. The van der Waals surface area contributed by atoms with E-state index in [0.717, 1.165) is 0 Å². The van der Waals surface area contributed by atoms with Crippen LogP contribution in [0.15, 0.2) is 0 Å². The Balaban J connectivity index is 0. The third-order valence-electron chi connectivity index (χ3n) is 0. The molecule has 0 radical (unpaired) electrons. The van der Waals surface area contributed by atoms with Crippen molar-refractivity contribution < 1.29 is 9.90 Å². The van der Waals surface area contributed by atoms with Gasteiger partial charge in [-0.2, -0.15) is 11.1 Å². The molecule has 0 saturated heterocycles. The summed E-state index contributed by atoms with van der Waals surface area (Å²) in [5.41, 5.74) is -1.36. The molecule has 0 aliphatic heterocycles. The second-order valence-electron chi connectivity index (χ2n) is 2.32. The second kappa shape index (κ2) is 5.08. The van der Waals surface area contributed by atoms with Gasteiger partial charge in [0.1, 0.15) is 7.38 Å². The Kier molecular flexibility index (Phi) is 6.77. The summed E-state index contributed by atoms with van der Waals surface area (Å²) in [6.07, 6.45) is 0. The van der Waals surface area contributed by atoms with Gasteiger partial charge in [0, 0.05) is 11.6 Å². The molecule has 0 spiro atoms. The van der Waals surface area contributed by atoms with Gasteiger partial charge in [0.15, 0.2) is 0 Å². The van der Waals surface area contributed by atoms with Crippen LogP contribution in [-0.2, 0) is 0 Å². The molecule has 0 aliphatic rings. The van der Waals surface area contributed by atoms with Crippen molar-refractivity contribution in [2.75, 3.05) is 0 Å². The summed E-state index contributed by atoms with van der Waals surface area (Å²) in [6.45, 7) is 6.28. The van der Waals surface area contributed by atoms with Crippen LogP contribution >= 0.6 is 22.7 Å². The van der Waals surface area contributed by atoms with Gasteiger partial charge in [0.05, 0.1) is 0 Å². The molecule has 0 atom stereocenters. The van der Waals surface area contributed by atoms with Gasteiger partial charge in [-0.15, -0.1) is 0 Å². The van der Waals surface area contributed by atoms with Gasteiger partial charge in [-0.3, -0.25) is 0 Å². The van der Waals surface area contributed by atoms with Gasteiger partial charge < -0.3 is 5.11 Å². The van der Waals surface area contributed by atoms with Crippen molar-refractivity contribution in [2.45, 2.75) is 19.6 Å². The second-order valence-corrected chi connectivity index (χ2v) is 10.2. The Hall–Kier alpha value is 0.267. The van der Waals surface area contributed by atoms with E-state index >= 15 is 0 Å². The van der Waals surface area contributed by atoms with E-state index in [-0.39, 0.29) is 0 Å². The van der Waals surface area contributed by atoms with Crippen LogP contribution in [0.1, 0.15) is 0 Å². The van der Waals surface area contributed by atoms with E-state index in [2.05, 4.69) is 31.2 Å². The fourth-order valence-corrected chi connectivity index (χ4v) is 0. The maximum absolute atomic E-state index is 8.77. The van der Waals surface area contributed by atoms with E-state index in [1.807, 2.05) is 0 Å². The van der Waals surface area contributed by atoms with Crippen molar-refractivity contribution in [3.05, 3.63) is 0 Å². The predicted octanol–water partition coefficient (Wildman–Crippen LogP) is 2.96. The van der Waals surface area contributed by atoms with Gasteiger partial charge in [-0.05, 0) is 0 Å². The van der Waals surface area contributed by atoms with Crippen LogP contribution in [0.2, 0.25) is 19.6 Å².